The third-order valence-corrected chi connectivity index (χ3v) is 3.60. The number of ether oxygens (including phenoxy) is 2. The second-order valence-corrected chi connectivity index (χ2v) is 4.90. The quantitative estimate of drug-likeness (QED) is 0.606. The summed E-state index contributed by atoms with van der Waals surface area (Å²) in [6.07, 6.45) is 0.416. The molecule has 0 aromatic heterocycles. The molecule has 5 heteroatoms. The van der Waals surface area contributed by atoms with Crippen LogP contribution in [-0.2, 0) is 9.53 Å². The van der Waals surface area contributed by atoms with Crippen LogP contribution < -0.4 is 10.5 Å². The van der Waals surface area contributed by atoms with Crippen molar-refractivity contribution in [2.24, 2.45) is 5.73 Å². The van der Waals surface area contributed by atoms with Crippen LogP contribution in [0.4, 0.5) is 0 Å². The number of rotatable bonds is 7. The zero-order valence-corrected chi connectivity index (χ0v) is 11.5. The van der Waals surface area contributed by atoms with Crippen LogP contribution in [0.5, 0.6) is 5.75 Å². The molecule has 0 bridgehead atoms. The van der Waals surface area contributed by atoms with E-state index in [1.807, 2.05) is 24.3 Å². The minimum Gasteiger partial charge on any atom is -0.496 e. The molecule has 0 saturated heterocycles. The molecule has 100 valence electrons. The van der Waals surface area contributed by atoms with Crippen LogP contribution in [0.2, 0.25) is 0 Å². The van der Waals surface area contributed by atoms with E-state index in [-0.39, 0.29) is 12.0 Å². The maximum atomic E-state index is 10.9. The summed E-state index contributed by atoms with van der Waals surface area (Å²) in [6, 6.07) is 7.62. The highest BCUT2D eigenvalue weighted by Crippen LogP contribution is 2.25. The zero-order valence-electron chi connectivity index (χ0n) is 10.7. The molecular weight excluding hydrogens is 250 g/mol. The number of para-hydroxylation sites is 1. The molecule has 1 atom stereocenters. The van der Waals surface area contributed by atoms with E-state index in [1.54, 1.807) is 18.9 Å². The minimum atomic E-state index is -0.187. The van der Waals surface area contributed by atoms with Gasteiger partial charge in [0, 0.05) is 23.1 Å². The van der Waals surface area contributed by atoms with Gasteiger partial charge < -0.3 is 15.2 Å². The molecule has 1 aromatic carbocycles. The van der Waals surface area contributed by atoms with Crippen LogP contribution >= 0.6 is 11.8 Å². The van der Waals surface area contributed by atoms with Gasteiger partial charge in [-0.3, -0.25) is 4.79 Å². The second-order valence-electron chi connectivity index (χ2n) is 3.75. The molecule has 1 unspecified atom stereocenters. The first-order valence-corrected chi connectivity index (χ1v) is 6.87. The molecule has 4 nitrogen and oxygen atoms in total. The van der Waals surface area contributed by atoms with E-state index in [0.717, 1.165) is 22.8 Å². The SMILES string of the molecule is COC(=O)CCSCC(N)c1ccccc1OC. The fourth-order valence-corrected chi connectivity index (χ4v) is 2.44. The van der Waals surface area contributed by atoms with Crippen molar-refractivity contribution < 1.29 is 14.3 Å². The summed E-state index contributed by atoms with van der Waals surface area (Å²) in [5.41, 5.74) is 7.10. The topological polar surface area (TPSA) is 61.5 Å². The highest BCUT2D eigenvalue weighted by Gasteiger charge is 2.11. The van der Waals surface area contributed by atoms with Crippen molar-refractivity contribution in [2.45, 2.75) is 12.5 Å². The van der Waals surface area contributed by atoms with Crippen molar-refractivity contribution in [1.82, 2.24) is 0 Å². The highest BCUT2D eigenvalue weighted by molar-refractivity contribution is 7.99. The maximum absolute atomic E-state index is 10.9. The molecule has 18 heavy (non-hydrogen) atoms. The maximum Gasteiger partial charge on any atom is 0.306 e. The van der Waals surface area contributed by atoms with Gasteiger partial charge in [0.05, 0.1) is 20.6 Å². The van der Waals surface area contributed by atoms with E-state index in [9.17, 15) is 4.79 Å². The average molecular weight is 269 g/mol. The number of methoxy groups -OCH3 is 2. The number of carbonyl (C=O) groups excluding carboxylic acids is 1. The van der Waals surface area contributed by atoms with Crippen molar-refractivity contribution in [1.29, 1.82) is 0 Å². The molecule has 1 aromatic rings. The first-order chi connectivity index (χ1) is 8.69. The number of carbonyl (C=O) groups is 1. The average Bonchev–Trinajstić information content (AvgIpc) is 2.42. The standard InChI is InChI=1S/C13H19NO3S/c1-16-12-6-4-3-5-10(12)11(14)9-18-8-7-13(15)17-2/h3-6,11H,7-9,14H2,1-2H3. The van der Waals surface area contributed by atoms with Gasteiger partial charge in [-0.05, 0) is 6.07 Å². The van der Waals surface area contributed by atoms with Crippen LogP contribution in [0.1, 0.15) is 18.0 Å². The number of hydrogen-bond acceptors (Lipinski definition) is 5. The van der Waals surface area contributed by atoms with Crippen molar-refractivity contribution in [3.8, 4) is 5.75 Å². The fourth-order valence-electron chi connectivity index (χ4n) is 1.53. The van der Waals surface area contributed by atoms with Crippen LogP contribution in [0, 0.1) is 0 Å². The second kappa shape index (κ2) is 8.00. The lowest BCUT2D eigenvalue weighted by Crippen LogP contribution is -2.14. The van der Waals surface area contributed by atoms with Gasteiger partial charge in [0.1, 0.15) is 5.75 Å². The molecule has 0 aliphatic heterocycles. The molecule has 2 N–H and O–H groups in total. The van der Waals surface area contributed by atoms with Gasteiger partial charge in [0.2, 0.25) is 0 Å². The summed E-state index contributed by atoms with van der Waals surface area (Å²) < 4.78 is 9.84. The molecule has 0 saturated carbocycles. The molecule has 0 amide bonds. The lowest BCUT2D eigenvalue weighted by molar-refractivity contribution is -0.140. The smallest absolute Gasteiger partial charge is 0.306 e. The Morgan fingerprint density at radius 2 is 2.11 bits per heavy atom. The van der Waals surface area contributed by atoms with Gasteiger partial charge in [0.15, 0.2) is 0 Å². The number of benzene rings is 1. The van der Waals surface area contributed by atoms with Gasteiger partial charge in [-0.15, -0.1) is 0 Å². The molecule has 0 aliphatic rings. The summed E-state index contributed by atoms with van der Waals surface area (Å²) in [6.45, 7) is 0. The van der Waals surface area contributed by atoms with Crippen molar-refractivity contribution in [2.75, 3.05) is 25.7 Å². The summed E-state index contributed by atoms with van der Waals surface area (Å²) in [4.78, 5) is 10.9. The molecule has 0 heterocycles. The Hall–Kier alpha value is -1.20. The van der Waals surface area contributed by atoms with Crippen molar-refractivity contribution in [3.05, 3.63) is 29.8 Å². The van der Waals surface area contributed by atoms with Gasteiger partial charge in [0.25, 0.3) is 0 Å². The number of nitrogens with two attached hydrogens (primary N) is 1. The van der Waals surface area contributed by atoms with Crippen molar-refractivity contribution in [3.63, 3.8) is 0 Å². The predicted molar refractivity (Wildman–Crippen MR) is 73.9 cm³/mol. The summed E-state index contributed by atoms with van der Waals surface area (Å²) in [5.74, 6) is 2.08. The Bertz CT molecular complexity index is 384. The van der Waals surface area contributed by atoms with Crippen LogP contribution in [0.3, 0.4) is 0 Å². The third kappa shape index (κ3) is 4.58. The first kappa shape index (κ1) is 14.9. The predicted octanol–water partition coefficient (Wildman–Crippen LogP) is 1.99. The third-order valence-electron chi connectivity index (χ3n) is 2.51. The molecule has 0 fully saturated rings. The Labute approximate surface area is 112 Å². The Morgan fingerprint density at radius 3 is 2.78 bits per heavy atom. The Morgan fingerprint density at radius 1 is 1.39 bits per heavy atom. The highest BCUT2D eigenvalue weighted by atomic mass is 32.2. The van der Waals surface area contributed by atoms with E-state index >= 15 is 0 Å². The largest absolute Gasteiger partial charge is 0.496 e. The summed E-state index contributed by atoms with van der Waals surface area (Å²) in [5, 5.41) is 0. The number of esters is 1. The van der Waals surface area contributed by atoms with Gasteiger partial charge in [-0.2, -0.15) is 11.8 Å². The summed E-state index contributed by atoms with van der Waals surface area (Å²) in [7, 11) is 3.03. The Kier molecular flexibility index (Phi) is 6.60. The van der Waals surface area contributed by atoms with Crippen LogP contribution in [0.25, 0.3) is 0 Å². The minimum absolute atomic E-state index is 0.0937. The summed E-state index contributed by atoms with van der Waals surface area (Å²) >= 11 is 1.64. The fraction of sp³-hybridized carbons (Fsp3) is 0.462. The zero-order chi connectivity index (χ0) is 13.4. The number of thioether (sulfide) groups is 1. The van der Waals surface area contributed by atoms with Crippen molar-refractivity contribution >= 4 is 17.7 Å². The van der Waals surface area contributed by atoms with Gasteiger partial charge in [-0.1, -0.05) is 18.2 Å². The molecule has 1 rings (SSSR count). The molecule has 0 aliphatic carbocycles. The van der Waals surface area contributed by atoms with E-state index in [0.29, 0.717) is 6.42 Å². The van der Waals surface area contributed by atoms with Gasteiger partial charge >= 0.3 is 5.97 Å². The normalized spacial score (nSPS) is 11.9. The van der Waals surface area contributed by atoms with Crippen LogP contribution in [0.15, 0.2) is 24.3 Å². The molecule has 0 spiro atoms. The lowest BCUT2D eigenvalue weighted by atomic mass is 10.1. The van der Waals surface area contributed by atoms with Gasteiger partial charge in [-0.25, -0.2) is 0 Å². The first-order valence-electron chi connectivity index (χ1n) is 5.72. The number of hydrogen-bond donors (Lipinski definition) is 1. The van der Waals surface area contributed by atoms with E-state index < -0.39 is 0 Å². The van der Waals surface area contributed by atoms with E-state index in [4.69, 9.17) is 10.5 Å². The van der Waals surface area contributed by atoms with E-state index in [1.165, 1.54) is 7.11 Å². The molecular formula is C13H19NO3S. The molecule has 0 radical (unpaired) electrons. The van der Waals surface area contributed by atoms with Crippen LogP contribution in [-0.4, -0.2) is 31.7 Å². The van der Waals surface area contributed by atoms with E-state index in [2.05, 4.69) is 4.74 Å². The Balaban J connectivity index is 2.40. The lowest BCUT2D eigenvalue weighted by Gasteiger charge is -2.15. The monoisotopic (exact) mass is 269 g/mol.